The fourth-order valence-electron chi connectivity index (χ4n) is 1.96. The lowest BCUT2D eigenvalue weighted by Gasteiger charge is -2.08. The predicted octanol–water partition coefficient (Wildman–Crippen LogP) is 3.88. The first-order chi connectivity index (χ1) is 8.29. The van der Waals surface area contributed by atoms with E-state index in [9.17, 15) is 5.11 Å². The minimum absolute atomic E-state index is 0.351. The lowest BCUT2D eigenvalue weighted by molar-refractivity contribution is 0.166. The van der Waals surface area contributed by atoms with Crippen LogP contribution in [-0.4, -0.2) is 14.7 Å². The number of hydrogen-bond acceptors (Lipinski definition) is 4. The zero-order chi connectivity index (χ0) is 12.5. The maximum atomic E-state index is 10.1. The van der Waals surface area contributed by atoms with Gasteiger partial charge in [-0.15, -0.1) is 5.10 Å². The van der Waals surface area contributed by atoms with Crippen LogP contribution in [0.4, 0.5) is 0 Å². The number of aliphatic hydroxyl groups is 1. The molecule has 0 aliphatic heterocycles. The Balaban J connectivity index is 2.19. The lowest BCUT2D eigenvalue weighted by atomic mass is 10.1. The highest BCUT2D eigenvalue weighted by atomic mass is 32.1. The second-order valence-corrected chi connectivity index (χ2v) is 5.30. The van der Waals surface area contributed by atoms with Crippen molar-refractivity contribution in [2.75, 3.05) is 0 Å². The number of aromatic nitrogens is 2. The molecular weight excluding hydrogens is 232 g/mol. The Morgan fingerprint density at radius 2 is 1.82 bits per heavy atom. The summed E-state index contributed by atoms with van der Waals surface area (Å²) in [4.78, 5) is 0.973. The molecule has 0 saturated carbocycles. The molecule has 0 aromatic carbocycles. The molecule has 1 aromatic heterocycles. The average molecular weight is 256 g/mol. The first-order valence-electron chi connectivity index (χ1n) is 6.78. The smallest absolute Gasteiger partial charge is 0.0917 e. The molecule has 1 heterocycles. The number of unbranched alkanes of at least 4 members (excludes halogenated alkanes) is 5. The van der Waals surface area contributed by atoms with Crippen molar-refractivity contribution in [1.29, 1.82) is 0 Å². The summed E-state index contributed by atoms with van der Waals surface area (Å²) in [5.74, 6) is 0. The summed E-state index contributed by atoms with van der Waals surface area (Å²) in [7, 11) is 0. The van der Waals surface area contributed by atoms with Crippen molar-refractivity contribution in [3.63, 3.8) is 0 Å². The van der Waals surface area contributed by atoms with Gasteiger partial charge in [0.2, 0.25) is 0 Å². The molecule has 1 unspecified atom stereocenters. The first-order valence-corrected chi connectivity index (χ1v) is 7.56. The second-order valence-electron chi connectivity index (χ2n) is 4.51. The number of aryl methyl sites for hydroxylation is 1. The van der Waals surface area contributed by atoms with Crippen LogP contribution in [0.1, 0.15) is 75.5 Å². The van der Waals surface area contributed by atoms with Crippen molar-refractivity contribution in [2.45, 2.75) is 71.3 Å². The van der Waals surface area contributed by atoms with Crippen molar-refractivity contribution >= 4 is 11.5 Å². The van der Waals surface area contributed by atoms with Gasteiger partial charge in [-0.25, -0.2) is 0 Å². The molecule has 0 aliphatic rings. The highest BCUT2D eigenvalue weighted by molar-refractivity contribution is 7.05. The van der Waals surface area contributed by atoms with Crippen molar-refractivity contribution in [1.82, 2.24) is 9.59 Å². The average Bonchev–Trinajstić information content (AvgIpc) is 2.81. The van der Waals surface area contributed by atoms with Crippen LogP contribution in [0.3, 0.4) is 0 Å². The van der Waals surface area contributed by atoms with Crippen molar-refractivity contribution in [2.24, 2.45) is 0 Å². The summed E-state index contributed by atoms with van der Waals surface area (Å²) >= 11 is 1.34. The fraction of sp³-hybridized carbons (Fsp3) is 0.846. The highest BCUT2D eigenvalue weighted by Gasteiger charge is 2.15. The summed E-state index contributed by atoms with van der Waals surface area (Å²) in [5, 5.41) is 14.1. The molecule has 0 radical (unpaired) electrons. The molecule has 0 bridgehead atoms. The summed E-state index contributed by atoms with van der Waals surface area (Å²) < 4.78 is 3.91. The monoisotopic (exact) mass is 256 g/mol. The maximum Gasteiger partial charge on any atom is 0.0917 e. The summed E-state index contributed by atoms with van der Waals surface area (Å²) in [6.07, 6.45) is 8.93. The van der Waals surface area contributed by atoms with Gasteiger partial charge in [-0.1, -0.05) is 56.9 Å². The quantitative estimate of drug-likeness (QED) is 0.682. The molecule has 1 rings (SSSR count). The maximum absolute atomic E-state index is 10.1. The van der Waals surface area contributed by atoms with Crippen molar-refractivity contribution in [3.8, 4) is 0 Å². The van der Waals surface area contributed by atoms with Gasteiger partial charge in [-0.2, -0.15) is 0 Å². The number of nitrogens with zero attached hydrogens (tertiary/aromatic N) is 2. The highest BCUT2D eigenvalue weighted by Crippen LogP contribution is 2.25. The zero-order valence-corrected chi connectivity index (χ0v) is 11.8. The van der Waals surface area contributed by atoms with Crippen LogP contribution in [0.25, 0.3) is 0 Å². The first kappa shape index (κ1) is 14.6. The Hall–Kier alpha value is -0.480. The predicted molar refractivity (Wildman–Crippen MR) is 72.2 cm³/mol. The normalized spacial score (nSPS) is 12.9. The van der Waals surface area contributed by atoms with Crippen LogP contribution in [0.2, 0.25) is 0 Å². The Bertz CT molecular complexity index is 301. The molecule has 1 aromatic rings. The molecule has 3 nitrogen and oxygen atoms in total. The number of hydrogen-bond donors (Lipinski definition) is 1. The van der Waals surface area contributed by atoms with E-state index >= 15 is 0 Å². The third kappa shape index (κ3) is 5.13. The number of aliphatic hydroxyl groups excluding tert-OH is 1. The van der Waals surface area contributed by atoms with Gasteiger partial charge in [0.15, 0.2) is 0 Å². The Labute approximate surface area is 108 Å². The van der Waals surface area contributed by atoms with Crippen molar-refractivity contribution in [3.05, 3.63) is 10.6 Å². The lowest BCUT2D eigenvalue weighted by Crippen LogP contribution is -1.99. The molecule has 4 heteroatoms. The standard InChI is InChI=1S/C13H24N2OS/c1-3-5-6-7-8-9-10-12(16)13-11(4-2)14-15-17-13/h12,16H,3-10H2,1-2H3. The molecule has 17 heavy (non-hydrogen) atoms. The van der Waals surface area contributed by atoms with Crippen LogP contribution in [0, 0.1) is 0 Å². The Morgan fingerprint density at radius 1 is 1.12 bits per heavy atom. The SMILES string of the molecule is CCCCCCCCC(O)c1snnc1CC. The van der Waals surface area contributed by atoms with Crippen LogP contribution in [0.5, 0.6) is 0 Å². The van der Waals surface area contributed by atoms with Gasteiger partial charge in [0.1, 0.15) is 0 Å². The molecular formula is C13H24N2OS. The van der Waals surface area contributed by atoms with Crippen LogP contribution in [0.15, 0.2) is 0 Å². The van der Waals surface area contributed by atoms with E-state index in [0.29, 0.717) is 0 Å². The Morgan fingerprint density at radius 3 is 2.53 bits per heavy atom. The van der Waals surface area contributed by atoms with E-state index < -0.39 is 0 Å². The molecule has 0 saturated heterocycles. The molecule has 1 atom stereocenters. The topological polar surface area (TPSA) is 46.0 Å². The van der Waals surface area contributed by atoms with Gasteiger partial charge in [-0.3, -0.25) is 0 Å². The van der Waals surface area contributed by atoms with Crippen LogP contribution < -0.4 is 0 Å². The van der Waals surface area contributed by atoms with E-state index in [1.165, 1.54) is 43.6 Å². The second kappa shape index (κ2) is 8.59. The largest absolute Gasteiger partial charge is 0.387 e. The van der Waals surface area contributed by atoms with Gasteiger partial charge >= 0.3 is 0 Å². The molecule has 0 fully saturated rings. The third-order valence-electron chi connectivity index (χ3n) is 3.05. The summed E-state index contributed by atoms with van der Waals surface area (Å²) in [5.41, 5.74) is 0.966. The van der Waals surface area contributed by atoms with E-state index in [-0.39, 0.29) is 6.10 Å². The summed E-state index contributed by atoms with van der Waals surface area (Å²) in [6.45, 7) is 4.28. The molecule has 1 N–H and O–H groups in total. The number of rotatable bonds is 9. The van der Waals surface area contributed by atoms with E-state index in [2.05, 4.69) is 23.4 Å². The van der Waals surface area contributed by atoms with E-state index in [4.69, 9.17) is 0 Å². The molecule has 0 spiro atoms. The van der Waals surface area contributed by atoms with E-state index in [1.54, 1.807) is 0 Å². The van der Waals surface area contributed by atoms with Gasteiger partial charge in [0.05, 0.1) is 16.7 Å². The van der Waals surface area contributed by atoms with Gasteiger partial charge < -0.3 is 5.11 Å². The summed E-state index contributed by atoms with van der Waals surface area (Å²) in [6, 6.07) is 0. The van der Waals surface area contributed by atoms with E-state index in [0.717, 1.165) is 29.8 Å². The molecule has 98 valence electrons. The van der Waals surface area contributed by atoms with Gasteiger partial charge in [-0.05, 0) is 24.4 Å². The van der Waals surface area contributed by atoms with Crippen molar-refractivity contribution < 1.29 is 5.11 Å². The molecule has 0 aliphatic carbocycles. The van der Waals surface area contributed by atoms with Crippen LogP contribution >= 0.6 is 11.5 Å². The minimum atomic E-state index is -0.351. The molecule has 0 amide bonds. The Kier molecular flexibility index (Phi) is 7.37. The zero-order valence-electron chi connectivity index (χ0n) is 11.0. The van der Waals surface area contributed by atoms with E-state index in [1.807, 2.05) is 0 Å². The van der Waals surface area contributed by atoms with Gasteiger partial charge in [0.25, 0.3) is 0 Å². The van der Waals surface area contributed by atoms with Gasteiger partial charge in [0, 0.05) is 0 Å². The third-order valence-corrected chi connectivity index (χ3v) is 3.92. The fourth-order valence-corrected chi connectivity index (χ4v) is 2.72. The van der Waals surface area contributed by atoms with Crippen LogP contribution in [-0.2, 0) is 6.42 Å². The minimum Gasteiger partial charge on any atom is -0.387 e.